The van der Waals surface area contributed by atoms with Crippen molar-refractivity contribution in [2.24, 2.45) is 11.8 Å². The van der Waals surface area contributed by atoms with E-state index in [1.54, 1.807) is 11.8 Å². The van der Waals surface area contributed by atoms with Crippen LogP contribution in [0.5, 0.6) is 0 Å². The molecule has 0 aliphatic heterocycles. The van der Waals surface area contributed by atoms with Crippen LogP contribution in [0.3, 0.4) is 0 Å². The Hall–Kier alpha value is -1.06. The van der Waals surface area contributed by atoms with Gasteiger partial charge in [-0.15, -0.1) is 0 Å². The van der Waals surface area contributed by atoms with Crippen molar-refractivity contribution in [2.75, 3.05) is 20.2 Å². The van der Waals surface area contributed by atoms with E-state index >= 15 is 0 Å². The lowest BCUT2D eigenvalue weighted by Gasteiger charge is -2.25. The Morgan fingerprint density at radius 3 is 2.24 bits per heavy atom. The van der Waals surface area contributed by atoms with Crippen molar-refractivity contribution >= 4 is 11.9 Å². The predicted molar refractivity (Wildman–Crippen MR) is 67.5 cm³/mol. The number of ether oxygens (including phenoxy) is 1. The first kappa shape index (κ1) is 15.9. The van der Waals surface area contributed by atoms with E-state index in [0.717, 1.165) is 6.42 Å². The number of rotatable bonds is 7. The van der Waals surface area contributed by atoms with Gasteiger partial charge in [0.15, 0.2) is 0 Å². The zero-order valence-corrected chi connectivity index (χ0v) is 11.7. The van der Waals surface area contributed by atoms with Crippen LogP contribution in [-0.2, 0) is 14.3 Å². The van der Waals surface area contributed by atoms with Crippen molar-refractivity contribution in [2.45, 2.75) is 40.5 Å². The Morgan fingerprint density at radius 2 is 1.82 bits per heavy atom. The van der Waals surface area contributed by atoms with Crippen LogP contribution in [0.2, 0.25) is 0 Å². The molecule has 0 radical (unpaired) electrons. The molecule has 1 unspecified atom stereocenters. The highest BCUT2D eigenvalue weighted by Crippen LogP contribution is 2.08. The highest BCUT2D eigenvalue weighted by Gasteiger charge is 2.20. The average molecular weight is 243 g/mol. The lowest BCUT2D eigenvalue weighted by molar-refractivity contribution is -0.146. The Labute approximate surface area is 104 Å². The highest BCUT2D eigenvalue weighted by atomic mass is 16.5. The van der Waals surface area contributed by atoms with Gasteiger partial charge in [-0.3, -0.25) is 9.59 Å². The van der Waals surface area contributed by atoms with Crippen molar-refractivity contribution in [3.8, 4) is 0 Å². The lowest BCUT2D eigenvalue weighted by Crippen LogP contribution is -2.38. The first-order valence-corrected chi connectivity index (χ1v) is 6.27. The molecule has 0 aromatic heterocycles. The maximum atomic E-state index is 11.7. The van der Waals surface area contributed by atoms with E-state index in [4.69, 9.17) is 0 Å². The summed E-state index contributed by atoms with van der Waals surface area (Å²) in [4.78, 5) is 24.8. The Balaban J connectivity index is 4.37. The number of hydrogen-bond acceptors (Lipinski definition) is 3. The molecule has 0 saturated heterocycles. The summed E-state index contributed by atoms with van der Waals surface area (Å²) in [6, 6.07) is 0. The van der Waals surface area contributed by atoms with Crippen LogP contribution < -0.4 is 0 Å². The van der Waals surface area contributed by atoms with Gasteiger partial charge in [-0.25, -0.2) is 0 Å². The third kappa shape index (κ3) is 6.29. The highest BCUT2D eigenvalue weighted by molar-refractivity contribution is 5.77. The number of carbonyl (C=O) groups is 2. The van der Waals surface area contributed by atoms with Gasteiger partial charge in [-0.2, -0.15) is 0 Å². The van der Waals surface area contributed by atoms with Gasteiger partial charge < -0.3 is 9.64 Å². The summed E-state index contributed by atoms with van der Waals surface area (Å²) < 4.78 is 4.67. The van der Waals surface area contributed by atoms with Gasteiger partial charge in [-0.1, -0.05) is 27.7 Å². The molecule has 0 aromatic carbocycles. The molecule has 0 fully saturated rings. The van der Waals surface area contributed by atoms with Crippen molar-refractivity contribution < 1.29 is 14.3 Å². The van der Waals surface area contributed by atoms with E-state index in [-0.39, 0.29) is 17.8 Å². The topological polar surface area (TPSA) is 46.6 Å². The molecule has 0 spiro atoms. The SMILES string of the molecule is CCC(=O)N(CCC(C)C)CC(C)C(=O)OC. The fourth-order valence-corrected chi connectivity index (χ4v) is 1.56. The summed E-state index contributed by atoms with van der Waals surface area (Å²) >= 11 is 0. The van der Waals surface area contributed by atoms with Crippen LogP contribution >= 0.6 is 0 Å². The Bertz CT molecular complexity index is 251. The first-order chi connectivity index (χ1) is 7.92. The first-order valence-electron chi connectivity index (χ1n) is 6.27. The molecule has 0 aliphatic rings. The molecule has 0 rings (SSSR count). The van der Waals surface area contributed by atoms with Gasteiger partial charge in [0.1, 0.15) is 0 Å². The molecule has 17 heavy (non-hydrogen) atoms. The quantitative estimate of drug-likeness (QED) is 0.643. The molecule has 0 aromatic rings. The van der Waals surface area contributed by atoms with Crippen LogP contribution in [-0.4, -0.2) is 37.0 Å². The molecule has 4 heteroatoms. The van der Waals surface area contributed by atoms with E-state index in [1.807, 2.05) is 6.92 Å². The maximum Gasteiger partial charge on any atom is 0.310 e. The molecule has 1 amide bonds. The van der Waals surface area contributed by atoms with E-state index in [0.29, 0.717) is 25.4 Å². The number of methoxy groups -OCH3 is 1. The van der Waals surface area contributed by atoms with Crippen molar-refractivity contribution in [3.05, 3.63) is 0 Å². The second-order valence-electron chi connectivity index (χ2n) is 4.80. The molecule has 0 bridgehead atoms. The van der Waals surface area contributed by atoms with Crippen molar-refractivity contribution in [1.29, 1.82) is 0 Å². The van der Waals surface area contributed by atoms with E-state index in [2.05, 4.69) is 18.6 Å². The Morgan fingerprint density at radius 1 is 1.24 bits per heavy atom. The van der Waals surface area contributed by atoms with Crippen molar-refractivity contribution in [1.82, 2.24) is 4.90 Å². The summed E-state index contributed by atoms with van der Waals surface area (Å²) in [6.07, 6.45) is 1.44. The fraction of sp³-hybridized carbons (Fsp3) is 0.846. The number of hydrogen-bond donors (Lipinski definition) is 0. The lowest BCUT2D eigenvalue weighted by atomic mass is 10.1. The smallest absolute Gasteiger partial charge is 0.310 e. The molecular formula is C13H25NO3. The monoisotopic (exact) mass is 243 g/mol. The van der Waals surface area contributed by atoms with Gasteiger partial charge in [0.2, 0.25) is 5.91 Å². The summed E-state index contributed by atoms with van der Waals surface area (Å²) in [5, 5.41) is 0. The van der Waals surface area contributed by atoms with E-state index < -0.39 is 0 Å². The molecule has 4 nitrogen and oxygen atoms in total. The minimum absolute atomic E-state index is 0.0985. The van der Waals surface area contributed by atoms with Crippen LogP contribution in [0.25, 0.3) is 0 Å². The number of nitrogens with zero attached hydrogens (tertiary/aromatic N) is 1. The van der Waals surface area contributed by atoms with Crippen LogP contribution in [0, 0.1) is 11.8 Å². The molecule has 0 saturated carbocycles. The maximum absolute atomic E-state index is 11.7. The van der Waals surface area contributed by atoms with Gasteiger partial charge in [0.25, 0.3) is 0 Å². The fourth-order valence-electron chi connectivity index (χ4n) is 1.56. The number of carbonyl (C=O) groups excluding carboxylic acids is 2. The largest absolute Gasteiger partial charge is 0.469 e. The minimum Gasteiger partial charge on any atom is -0.469 e. The second-order valence-corrected chi connectivity index (χ2v) is 4.80. The number of amides is 1. The number of esters is 1. The van der Waals surface area contributed by atoms with E-state index in [1.165, 1.54) is 7.11 Å². The third-order valence-corrected chi connectivity index (χ3v) is 2.73. The summed E-state index contributed by atoms with van der Waals surface area (Å²) in [7, 11) is 1.37. The zero-order valence-electron chi connectivity index (χ0n) is 11.7. The van der Waals surface area contributed by atoms with Crippen LogP contribution in [0.1, 0.15) is 40.5 Å². The van der Waals surface area contributed by atoms with Gasteiger partial charge >= 0.3 is 5.97 Å². The molecule has 0 N–H and O–H groups in total. The Kier molecular flexibility index (Phi) is 7.59. The van der Waals surface area contributed by atoms with Gasteiger partial charge in [0.05, 0.1) is 13.0 Å². The van der Waals surface area contributed by atoms with Gasteiger partial charge in [0, 0.05) is 19.5 Å². The zero-order chi connectivity index (χ0) is 13.4. The van der Waals surface area contributed by atoms with Gasteiger partial charge in [-0.05, 0) is 12.3 Å². The minimum atomic E-state index is -0.261. The molecule has 0 heterocycles. The molecule has 1 atom stereocenters. The standard InChI is InChI=1S/C13H25NO3/c1-6-12(15)14(8-7-10(2)3)9-11(4)13(16)17-5/h10-11H,6-9H2,1-5H3. The van der Waals surface area contributed by atoms with Crippen molar-refractivity contribution in [3.63, 3.8) is 0 Å². The summed E-state index contributed by atoms with van der Waals surface area (Å²) in [5.41, 5.74) is 0. The summed E-state index contributed by atoms with van der Waals surface area (Å²) in [6.45, 7) is 9.04. The van der Waals surface area contributed by atoms with Crippen LogP contribution in [0.15, 0.2) is 0 Å². The average Bonchev–Trinajstić information content (AvgIpc) is 2.31. The van der Waals surface area contributed by atoms with E-state index in [9.17, 15) is 9.59 Å². The molecular weight excluding hydrogens is 218 g/mol. The molecule has 0 aliphatic carbocycles. The molecule has 100 valence electrons. The van der Waals surface area contributed by atoms with Crippen LogP contribution in [0.4, 0.5) is 0 Å². The normalized spacial score (nSPS) is 12.4. The third-order valence-electron chi connectivity index (χ3n) is 2.73. The second kappa shape index (κ2) is 8.09. The predicted octanol–water partition coefficient (Wildman–Crippen LogP) is 2.08. The summed E-state index contributed by atoms with van der Waals surface area (Å²) in [5.74, 6) is 0.128.